The second kappa shape index (κ2) is 4.93. The van der Waals surface area contributed by atoms with Gasteiger partial charge in [0.2, 0.25) is 0 Å². The second-order valence-corrected chi connectivity index (χ2v) is 3.97. The number of nitrogens with two attached hydrogens (primary N) is 1. The summed E-state index contributed by atoms with van der Waals surface area (Å²) in [6, 6.07) is 7.47. The number of nitrogens with one attached hydrogen (secondary N) is 1. The van der Waals surface area contributed by atoms with E-state index in [1.807, 2.05) is 0 Å². The number of nitrogen functional groups attached to an aromatic ring is 1. The third-order valence-corrected chi connectivity index (χ3v) is 2.58. The summed E-state index contributed by atoms with van der Waals surface area (Å²) >= 11 is 5.72. The number of benzene rings is 1. The molecule has 0 spiro atoms. The van der Waals surface area contributed by atoms with Gasteiger partial charge in [-0.3, -0.25) is 4.79 Å². The summed E-state index contributed by atoms with van der Waals surface area (Å²) in [5.41, 5.74) is 6.34. The number of carbonyl (C=O) groups is 1. The Morgan fingerprint density at radius 2 is 2.17 bits per heavy atom. The molecule has 18 heavy (non-hydrogen) atoms. The van der Waals surface area contributed by atoms with Crippen LogP contribution in [-0.2, 0) is 0 Å². The average Bonchev–Trinajstić information content (AvgIpc) is 2.35. The van der Waals surface area contributed by atoms with E-state index in [2.05, 4.69) is 10.3 Å². The maximum atomic E-state index is 11.9. The van der Waals surface area contributed by atoms with Gasteiger partial charge in [0.1, 0.15) is 5.75 Å². The van der Waals surface area contributed by atoms with E-state index in [0.717, 1.165) is 0 Å². The fourth-order valence-corrected chi connectivity index (χ4v) is 1.53. The van der Waals surface area contributed by atoms with E-state index in [9.17, 15) is 9.90 Å². The van der Waals surface area contributed by atoms with Gasteiger partial charge in [0.15, 0.2) is 5.82 Å². The van der Waals surface area contributed by atoms with Crippen LogP contribution < -0.4 is 11.1 Å². The number of rotatable bonds is 2. The van der Waals surface area contributed by atoms with E-state index in [4.69, 9.17) is 17.3 Å². The molecule has 0 fully saturated rings. The van der Waals surface area contributed by atoms with Gasteiger partial charge in [-0.25, -0.2) is 4.98 Å². The smallest absolute Gasteiger partial charge is 0.256 e. The highest BCUT2D eigenvalue weighted by Gasteiger charge is 2.10. The number of phenols is 1. The molecule has 0 aliphatic carbocycles. The molecule has 92 valence electrons. The maximum absolute atomic E-state index is 11.9. The Hall–Kier alpha value is -2.27. The highest BCUT2D eigenvalue weighted by molar-refractivity contribution is 6.32. The van der Waals surface area contributed by atoms with Crippen LogP contribution >= 0.6 is 11.6 Å². The molecule has 0 unspecified atom stereocenters. The molecular weight excluding hydrogens is 254 g/mol. The molecule has 2 aromatic rings. The molecule has 6 heteroatoms. The first kappa shape index (κ1) is 12.2. The van der Waals surface area contributed by atoms with Crippen molar-refractivity contribution in [2.75, 3.05) is 11.1 Å². The lowest BCUT2D eigenvalue weighted by Crippen LogP contribution is -2.14. The van der Waals surface area contributed by atoms with Gasteiger partial charge in [0, 0.05) is 11.8 Å². The molecule has 1 aromatic heterocycles. The highest BCUT2D eigenvalue weighted by atomic mass is 35.5. The van der Waals surface area contributed by atoms with Crippen molar-refractivity contribution in [1.82, 2.24) is 4.98 Å². The zero-order chi connectivity index (χ0) is 13.1. The highest BCUT2D eigenvalue weighted by Crippen LogP contribution is 2.24. The number of hydrogen-bond acceptors (Lipinski definition) is 4. The van der Waals surface area contributed by atoms with Crippen LogP contribution in [0.4, 0.5) is 11.5 Å². The SMILES string of the molecule is Nc1cccnc1NC(=O)c1ccc(O)c(Cl)c1. The first-order valence-electron chi connectivity index (χ1n) is 5.08. The minimum absolute atomic E-state index is 0.0782. The largest absolute Gasteiger partial charge is 0.506 e. The molecule has 1 amide bonds. The predicted molar refractivity (Wildman–Crippen MR) is 69.7 cm³/mol. The Labute approximate surface area is 108 Å². The fourth-order valence-electron chi connectivity index (χ4n) is 1.35. The standard InChI is InChI=1S/C12H10ClN3O2/c13-8-6-7(3-4-10(8)17)12(18)16-11-9(14)2-1-5-15-11/h1-6,17H,14H2,(H,15,16,18). The third-order valence-electron chi connectivity index (χ3n) is 2.28. The second-order valence-electron chi connectivity index (χ2n) is 3.56. The molecule has 0 atom stereocenters. The van der Waals surface area contributed by atoms with E-state index >= 15 is 0 Å². The molecule has 0 aliphatic heterocycles. The summed E-state index contributed by atoms with van der Waals surface area (Å²) in [7, 11) is 0. The van der Waals surface area contributed by atoms with Crippen LogP contribution in [0.25, 0.3) is 0 Å². The zero-order valence-electron chi connectivity index (χ0n) is 9.22. The summed E-state index contributed by atoms with van der Waals surface area (Å²) in [5, 5.41) is 11.9. The van der Waals surface area contributed by atoms with Gasteiger partial charge >= 0.3 is 0 Å². The number of carbonyl (C=O) groups excluding carboxylic acids is 1. The molecule has 0 aliphatic rings. The molecular formula is C12H10ClN3O2. The number of pyridine rings is 1. The fraction of sp³-hybridized carbons (Fsp3) is 0. The van der Waals surface area contributed by atoms with Crippen LogP contribution in [-0.4, -0.2) is 16.0 Å². The van der Waals surface area contributed by atoms with Crippen LogP contribution in [0.15, 0.2) is 36.5 Å². The number of aromatic nitrogens is 1. The lowest BCUT2D eigenvalue weighted by molar-refractivity contribution is 0.102. The van der Waals surface area contributed by atoms with E-state index in [0.29, 0.717) is 11.3 Å². The Morgan fingerprint density at radius 3 is 2.83 bits per heavy atom. The van der Waals surface area contributed by atoms with E-state index in [1.165, 1.54) is 24.4 Å². The number of phenolic OH excluding ortho intramolecular Hbond substituents is 1. The Kier molecular flexibility index (Phi) is 3.34. The quantitative estimate of drug-likeness (QED) is 0.775. The minimum atomic E-state index is -0.401. The lowest BCUT2D eigenvalue weighted by atomic mass is 10.2. The van der Waals surface area contributed by atoms with Crippen LogP contribution in [0.2, 0.25) is 5.02 Å². The zero-order valence-corrected chi connectivity index (χ0v) is 9.98. The minimum Gasteiger partial charge on any atom is -0.506 e. The van der Waals surface area contributed by atoms with Crippen LogP contribution in [0, 0.1) is 0 Å². The number of halogens is 1. The van der Waals surface area contributed by atoms with Gasteiger partial charge in [-0.15, -0.1) is 0 Å². The van der Waals surface area contributed by atoms with E-state index in [-0.39, 0.29) is 16.6 Å². The molecule has 0 saturated carbocycles. The number of amides is 1. The van der Waals surface area contributed by atoms with Crippen molar-refractivity contribution in [1.29, 1.82) is 0 Å². The monoisotopic (exact) mass is 263 g/mol. The molecule has 0 bridgehead atoms. The van der Waals surface area contributed by atoms with Gasteiger partial charge in [0.05, 0.1) is 10.7 Å². The molecule has 4 N–H and O–H groups in total. The summed E-state index contributed by atoms with van der Waals surface area (Å²) in [6.45, 7) is 0. The van der Waals surface area contributed by atoms with Gasteiger partial charge in [-0.2, -0.15) is 0 Å². The molecule has 5 nitrogen and oxygen atoms in total. The van der Waals surface area contributed by atoms with Crippen molar-refractivity contribution in [2.24, 2.45) is 0 Å². The lowest BCUT2D eigenvalue weighted by Gasteiger charge is -2.07. The molecule has 1 heterocycles. The van der Waals surface area contributed by atoms with Crippen LogP contribution in [0.5, 0.6) is 5.75 Å². The Morgan fingerprint density at radius 1 is 1.39 bits per heavy atom. The van der Waals surface area contributed by atoms with E-state index < -0.39 is 5.91 Å². The molecule has 0 saturated heterocycles. The van der Waals surface area contributed by atoms with Gasteiger partial charge in [-0.1, -0.05) is 11.6 Å². The van der Waals surface area contributed by atoms with Crippen molar-refractivity contribution in [2.45, 2.75) is 0 Å². The van der Waals surface area contributed by atoms with Crippen LogP contribution in [0.1, 0.15) is 10.4 Å². The topological polar surface area (TPSA) is 88.2 Å². The van der Waals surface area contributed by atoms with Gasteiger partial charge in [-0.05, 0) is 30.3 Å². The number of hydrogen-bond donors (Lipinski definition) is 3. The molecule has 0 radical (unpaired) electrons. The van der Waals surface area contributed by atoms with Crippen LogP contribution in [0.3, 0.4) is 0 Å². The van der Waals surface area contributed by atoms with Crippen molar-refractivity contribution in [3.63, 3.8) is 0 Å². The van der Waals surface area contributed by atoms with Gasteiger partial charge < -0.3 is 16.2 Å². The molecule has 1 aromatic carbocycles. The molecule has 2 rings (SSSR count). The number of aromatic hydroxyl groups is 1. The summed E-state index contributed by atoms with van der Waals surface area (Å²) in [6.07, 6.45) is 1.52. The summed E-state index contributed by atoms with van der Waals surface area (Å²) in [4.78, 5) is 15.8. The maximum Gasteiger partial charge on any atom is 0.256 e. The third kappa shape index (κ3) is 2.52. The average molecular weight is 264 g/mol. The Balaban J connectivity index is 2.22. The Bertz CT molecular complexity index is 602. The van der Waals surface area contributed by atoms with Crippen molar-refractivity contribution in [3.05, 3.63) is 47.1 Å². The van der Waals surface area contributed by atoms with E-state index in [1.54, 1.807) is 12.1 Å². The van der Waals surface area contributed by atoms with Crippen molar-refractivity contribution in [3.8, 4) is 5.75 Å². The summed E-state index contributed by atoms with van der Waals surface area (Å²) in [5.74, 6) is -0.195. The summed E-state index contributed by atoms with van der Waals surface area (Å²) < 4.78 is 0. The first-order chi connectivity index (χ1) is 8.58. The normalized spacial score (nSPS) is 10.1. The first-order valence-corrected chi connectivity index (χ1v) is 5.46. The number of anilines is 2. The van der Waals surface area contributed by atoms with Crippen molar-refractivity contribution < 1.29 is 9.90 Å². The number of nitrogens with zero attached hydrogens (tertiary/aromatic N) is 1. The van der Waals surface area contributed by atoms with Crippen molar-refractivity contribution >= 4 is 29.0 Å². The van der Waals surface area contributed by atoms with Gasteiger partial charge in [0.25, 0.3) is 5.91 Å². The predicted octanol–water partition coefficient (Wildman–Crippen LogP) is 2.28.